The van der Waals surface area contributed by atoms with Crippen LogP contribution in [0.25, 0.3) is 0 Å². The number of likely N-dealkylation sites (N-methyl/N-ethyl adjacent to an activating group) is 1. The molecule has 1 aliphatic heterocycles. The van der Waals surface area contributed by atoms with Crippen LogP contribution in [0.4, 0.5) is 0 Å². The van der Waals surface area contributed by atoms with Gasteiger partial charge in [0.25, 0.3) is 0 Å². The molecule has 4 heteroatoms. The van der Waals surface area contributed by atoms with Crippen molar-refractivity contribution in [2.75, 3.05) is 32.7 Å². The molecule has 1 aliphatic carbocycles. The Labute approximate surface area is 104 Å². The van der Waals surface area contributed by atoms with Gasteiger partial charge in [-0.25, -0.2) is 0 Å². The van der Waals surface area contributed by atoms with Gasteiger partial charge in [-0.2, -0.15) is 0 Å². The Morgan fingerprint density at radius 3 is 2.18 bits per heavy atom. The molecule has 4 nitrogen and oxygen atoms in total. The van der Waals surface area contributed by atoms with E-state index in [1.807, 2.05) is 0 Å². The fourth-order valence-corrected chi connectivity index (χ4v) is 3.13. The van der Waals surface area contributed by atoms with Gasteiger partial charge >= 0.3 is 5.97 Å². The van der Waals surface area contributed by atoms with Crippen LogP contribution in [0.2, 0.25) is 0 Å². The van der Waals surface area contributed by atoms with E-state index in [1.165, 1.54) is 13.1 Å². The van der Waals surface area contributed by atoms with E-state index in [0.717, 1.165) is 45.3 Å². The van der Waals surface area contributed by atoms with Crippen LogP contribution in [-0.4, -0.2) is 59.6 Å². The largest absolute Gasteiger partial charge is 0.481 e. The molecule has 0 unspecified atom stereocenters. The summed E-state index contributed by atoms with van der Waals surface area (Å²) >= 11 is 0. The number of piperazine rings is 1. The standard InChI is InChI=1S/C13H24N2O2/c1-2-14-7-9-15(10-8-14)12-5-3-11(4-6-12)13(16)17/h11-12H,2-10H2,1H3,(H,16,17). The Morgan fingerprint density at radius 2 is 1.71 bits per heavy atom. The average Bonchev–Trinajstić information content (AvgIpc) is 2.39. The minimum absolute atomic E-state index is 0.0804. The summed E-state index contributed by atoms with van der Waals surface area (Å²) in [6, 6.07) is 0.643. The van der Waals surface area contributed by atoms with Gasteiger partial charge in [0.15, 0.2) is 0 Å². The van der Waals surface area contributed by atoms with Crippen molar-refractivity contribution < 1.29 is 9.90 Å². The van der Waals surface area contributed by atoms with E-state index in [0.29, 0.717) is 6.04 Å². The van der Waals surface area contributed by atoms with E-state index in [-0.39, 0.29) is 5.92 Å². The fourth-order valence-electron chi connectivity index (χ4n) is 3.13. The van der Waals surface area contributed by atoms with Gasteiger partial charge in [-0.3, -0.25) is 9.69 Å². The molecule has 1 saturated carbocycles. The van der Waals surface area contributed by atoms with Crippen molar-refractivity contribution in [1.82, 2.24) is 9.80 Å². The molecule has 0 aromatic carbocycles. The summed E-state index contributed by atoms with van der Waals surface area (Å²) in [6.07, 6.45) is 3.88. The molecule has 0 radical (unpaired) electrons. The number of carboxylic acids is 1. The van der Waals surface area contributed by atoms with E-state index < -0.39 is 5.97 Å². The SMILES string of the molecule is CCN1CCN(C2CCC(C(=O)O)CC2)CC1. The minimum atomic E-state index is -0.598. The first-order valence-electron chi connectivity index (χ1n) is 6.90. The zero-order valence-corrected chi connectivity index (χ0v) is 10.8. The molecule has 2 rings (SSSR count). The third kappa shape index (κ3) is 3.19. The zero-order chi connectivity index (χ0) is 12.3. The molecule has 0 amide bonds. The molecule has 2 fully saturated rings. The number of carboxylic acid groups (broad SMARTS) is 1. The van der Waals surface area contributed by atoms with Crippen molar-refractivity contribution in [3.8, 4) is 0 Å². The molecular formula is C13H24N2O2. The summed E-state index contributed by atoms with van der Waals surface area (Å²) < 4.78 is 0. The number of carbonyl (C=O) groups is 1. The summed E-state index contributed by atoms with van der Waals surface area (Å²) in [6.45, 7) is 8.05. The Bertz CT molecular complexity index is 254. The van der Waals surface area contributed by atoms with Crippen molar-refractivity contribution in [3.05, 3.63) is 0 Å². The van der Waals surface area contributed by atoms with Gasteiger partial charge in [0.05, 0.1) is 5.92 Å². The van der Waals surface area contributed by atoms with Gasteiger partial charge in [-0.05, 0) is 32.2 Å². The monoisotopic (exact) mass is 240 g/mol. The Hall–Kier alpha value is -0.610. The lowest BCUT2D eigenvalue weighted by Crippen LogP contribution is -2.51. The van der Waals surface area contributed by atoms with Gasteiger partial charge in [0.1, 0.15) is 0 Å². The first kappa shape index (κ1) is 12.8. The quantitative estimate of drug-likeness (QED) is 0.807. The van der Waals surface area contributed by atoms with E-state index in [1.54, 1.807) is 0 Å². The van der Waals surface area contributed by atoms with Crippen molar-refractivity contribution >= 4 is 5.97 Å². The molecule has 0 bridgehead atoms. The third-order valence-corrected chi connectivity index (χ3v) is 4.42. The Balaban J connectivity index is 1.76. The summed E-state index contributed by atoms with van der Waals surface area (Å²) in [5.41, 5.74) is 0. The smallest absolute Gasteiger partial charge is 0.306 e. The van der Waals surface area contributed by atoms with Crippen LogP contribution in [-0.2, 0) is 4.79 Å². The topological polar surface area (TPSA) is 43.8 Å². The Kier molecular flexibility index (Phi) is 4.40. The van der Waals surface area contributed by atoms with Gasteiger partial charge in [0, 0.05) is 32.2 Å². The molecule has 1 N–H and O–H groups in total. The average molecular weight is 240 g/mol. The lowest BCUT2D eigenvalue weighted by atomic mass is 9.85. The van der Waals surface area contributed by atoms with Gasteiger partial charge < -0.3 is 10.0 Å². The molecular weight excluding hydrogens is 216 g/mol. The van der Waals surface area contributed by atoms with Gasteiger partial charge in [0.2, 0.25) is 0 Å². The normalized spacial score (nSPS) is 32.5. The molecule has 98 valence electrons. The van der Waals surface area contributed by atoms with Crippen molar-refractivity contribution in [1.29, 1.82) is 0 Å². The molecule has 1 saturated heterocycles. The highest BCUT2D eigenvalue weighted by Gasteiger charge is 2.30. The fraction of sp³-hybridized carbons (Fsp3) is 0.923. The second kappa shape index (κ2) is 5.83. The highest BCUT2D eigenvalue weighted by molar-refractivity contribution is 5.70. The van der Waals surface area contributed by atoms with E-state index in [2.05, 4.69) is 16.7 Å². The molecule has 0 atom stereocenters. The first-order chi connectivity index (χ1) is 8.20. The summed E-state index contributed by atoms with van der Waals surface area (Å²) in [5, 5.41) is 8.98. The van der Waals surface area contributed by atoms with Crippen LogP contribution in [0.1, 0.15) is 32.6 Å². The van der Waals surface area contributed by atoms with E-state index in [4.69, 9.17) is 5.11 Å². The van der Waals surface area contributed by atoms with E-state index >= 15 is 0 Å². The van der Waals surface area contributed by atoms with Crippen molar-refractivity contribution in [3.63, 3.8) is 0 Å². The van der Waals surface area contributed by atoms with E-state index in [9.17, 15) is 4.79 Å². The van der Waals surface area contributed by atoms with Crippen molar-refractivity contribution in [2.24, 2.45) is 5.92 Å². The number of nitrogens with zero attached hydrogens (tertiary/aromatic N) is 2. The molecule has 0 aromatic heterocycles. The second-order valence-corrected chi connectivity index (χ2v) is 5.31. The summed E-state index contributed by atoms with van der Waals surface area (Å²) in [5.74, 6) is -0.678. The molecule has 0 spiro atoms. The maximum absolute atomic E-state index is 10.9. The third-order valence-electron chi connectivity index (χ3n) is 4.42. The van der Waals surface area contributed by atoms with Crippen LogP contribution in [0, 0.1) is 5.92 Å². The second-order valence-electron chi connectivity index (χ2n) is 5.31. The predicted octanol–water partition coefficient (Wildman–Crippen LogP) is 1.27. The highest BCUT2D eigenvalue weighted by atomic mass is 16.4. The zero-order valence-electron chi connectivity index (χ0n) is 10.8. The van der Waals surface area contributed by atoms with Gasteiger partial charge in [-0.1, -0.05) is 6.92 Å². The number of hydrogen-bond acceptors (Lipinski definition) is 3. The predicted molar refractivity (Wildman–Crippen MR) is 67.1 cm³/mol. The molecule has 2 aliphatic rings. The van der Waals surface area contributed by atoms with Crippen LogP contribution in [0.5, 0.6) is 0 Å². The van der Waals surface area contributed by atoms with Crippen LogP contribution < -0.4 is 0 Å². The lowest BCUT2D eigenvalue weighted by molar-refractivity contribution is -0.143. The highest BCUT2D eigenvalue weighted by Crippen LogP contribution is 2.28. The number of rotatable bonds is 3. The maximum Gasteiger partial charge on any atom is 0.306 e. The lowest BCUT2D eigenvalue weighted by Gasteiger charge is -2.41. The molecule has 0 aromatic rings. The number of aliphatic carboxylic acids is 1. The van der Waals surface area contributed by atoms with Crippen LogP contribution >= 0.6 is 0 Å². The van der Waals surface area contributed by atoms with Crippen LogP contribution in [0.15, 0.2) is 0 Å². The minimum Gasteiger partial charge on any atom is -0.481 e. The molecule has 17 heavy (non-hydrogen) atoms. The molecule has 1 heterocycles. The Morgan fingerprint density at radius 1 is 1.12 bits per heavy atom. The van der Waals surface area contributed by atoms with Gasteiger partial charge in [-0.15, -0.1) is 0 Å². The summed E-state index contributed by atoms with van der Waals surface area (Å²) in [4.78, 5) is 16.0. The van der Waals surface area contributed by atoms with Crippen LogP contribution in [0.3, 0.4) is 0 Å². The van der Waals surface area contributed by atoms with Crippen molar-refractivity contribution in [2.45, 2.75) is 38.6 Å². The maximum atomic E-state index is 10.9. The first-order valence-corrected chi connectivity index (χ1v) is 6.90. The number of hydrogen-bond donors (Lipinski definition) is 1. The summed E-state index contributed by atoms with van der Waals surface area (Å²) in [7, 11) is 0.